The average Bonchev–Trinajstić information content (AvgIpc) is 3.20. The lowest BCUT2D eigenvalue weighted by molar-refractivity contribution is -0.384. The van der Waals surface area contributed by atoms with Crippen LogP contribution in [0.1, 0.15) is 31.0 Å². The van der Waals surface area contributed by atoms with Gasteiger partial charge in [-0.05, 0) is 55.3 Å². The van der Waals surface area contributed by atoms with Crippen LogP contribution in [0.5, 0.6) is 11.5 Å². The van der Waals surface area contributed by atoms with Gasteiger partial charge in [0.2, 0.25) is 0 Å². The molecule has 2 aromatic carbocycles. The molecule has 0 saturated carbocycles. The zero-order valence-electron chi connectivity index (χ0n) is 21.0. The molecule has 0 fully saturated rings. The highest BCUT2D eigenvalue weighted by Crippen LogP contribution is 2.36. The highest BCUT2D eigenvalue weighted by molar-refractivity contribution is 7.07. The molecule has 0 spiro atoms. The third-order valence-corrected chi connectivity index (χ3v) is 6.76. The SMILES string of the molecule is C=CCOc1ccc(C2C(C(=O)OCC)=C(C)N=c3sc(=Cc4ccc([N+](=O)[O-])cc4)c(=O)n32)cc1OC. The number of hydrogen-bond acceptors (Lipinski definition) is 9. The number of fused-ring (bicyclic) bond motifs is 1. The Morgan fingerprint density at radius 1 is 1.24 bits per heavy atom. The summed E-state index contributed by atoms with van der Waals surface area (Å²) in [6.45, 7) is 7.49. The van der Waals surface area contributed by atoms with Crippen LogP contribution >= 0.6 is 11.3 Å². The first-order valence-electron chi connectivity index (χ1n) is 11.6. The van der Waals surface area contributed by atoms with E-state index in [0.29, 0.717) is 37.7 Å². The number of thiazole rings is 1. The fraction of sp³-hybridized carbons (Fsp3) is 0.222. The van der Waals surface area contributed by atoms with Crippen molar-refractivity contribution in [1.29, 1.82) is 0 Å². The number of allylic oxidation sites excluding steroid dienone is 1. The van der Waals surface area contributed by atoms with E-state index in [1.807, 2.05) is 0 Å². The molecule has 10 nitrogen and oxygen atoms in total. The maximum Gasteiger partial charge on any atom is 0.338 e. The second-order valence-corrected chi connectivity index (χ2v) is 9.17. The third kappa shape index (κ3) is 5.14. The van der Waals surface area contributed by atoms with Crippen molar-refractivity contribution in [3.63, 3.8) is 0 Å². The van der Waals surface area contributed by atoms with Crippen molar-refractivity contribution in [3.05, 3.63) is 107 Å². The normalized spacial score (nSPS) is 14.9. The number of nitro groups is 1. The lowest BCUT2D eigenvalue weighted by Gasteiger charge is -2.25. The van der Waals surface area contributed by atoms with Gasteiger partial charge in [0.05, 0.1) is 40.5 Å². The summed E-state index contributed by atoms with van der Waals surface area (Å²) in [6.07, 6.45) is 3.25. The van der Waals surface area contributed by atoms with Crippen LogP contribution in [0.3, 0.4) is 0 Å². The van der Waals surface area contributed by atoms with Gasteiger partial charge in [0, 0.05) is 12.1 Å². The number of aromatic nitrogens is 1. The van der Waals surface area contributed by atoms with Crippen LogP contribution in [0.2, 0.25) is 0 Å². The Labute approximate surface area is 221 Å². The lowest BCUT2D eigenvalue weighted by atomic mass is 9.95. The molecule has 0 saturated heterocycles. The smallest absolute Gasteiger partial charge is 0.338 e. The number of ether oxygens (including phenoxy) is 3. The van der Waals surface area contributed by atoms with E-state index in [2.05, 4.69) is 11.6 Å². The Morgan fingerprint density at radius 2 is 1.97 bits per heavy atom. The van der Waals surface area contributed by atoms with Gasteiger partial charge in [-0.15, -0.1) is 0 Å². The molecule has 1 unspecified atom stereocenters. The van der Waals surface area contributed by atoms with Crippen molar-refractivity contribution in [2.75, 3.05) is 20.3 Å². The fourth-order valence-electron chi connectivity index (χ4n) is 4.07. The summed E-state index contributed by atoms with van der Waals surface area (Å²) in [4.78, 5) is 42.2. The minimum atomic E-state index is -0.827. The van der Waals surface area contributed by atoms with Gasteiger partial charge in [0.15, 0.2) is 16.3 Å². The number of methoxy groups -OCH3 is 1. The molecule has 3 aromatic rings. The van der Waals surface area contributed by atoms with Crippen LogP contribution in [0.4, 0.5) is 5.69 Å². The van der Waals surface area contributed by atoms with Crippen LogP contribution in [0.15, 0.2) is 76.2 Å². The summed E-state index contributed by atoms with van der Waals surface area (Å²) >= 11 is 1.16. The molecular weight excluding hydrogens is 510 g/mol. The van der Waals surface area contributed by atoms with Gasteiger partial charge in [0.25, 0.3) is 11.2 Å². The molecule has 1 aromatic heterocycles. The van der Waals surface area contributed by atoms with Gasteiger partial charge in [-0.2, -0.15) is 0 Å². The standard InChI is InChI=1S/C27H25N3O7S/c1-5-13-37-20-12-9-18(15-21(20)35-4)24-23(26(32)36-6-2)16(3)28-27-29(24)25(31)22(38-27)14-17-7-10-19(11-8-17)30(33)34/h5,7-12,14-15,24H,1,6,13H2,2-4H3. The molecule has 38 heavy (non-hydrogen) atoms. The van der Waals surface area contributed by atoms with E-state index in [-0.39, 0.29) is 30.0 Å². The monoisotopic (exact) mass is 535 g/mol. The highest BCUT2D eigenvalue weighted by Gasteiger charge is 2.34. The van der Waals surface area contributed by atoms with Gasteiger partial charge >= 0.3 is 5.97 Å². The second kappa shape index (κ2) is 11.3. The van der Waals surface area contributed by atoms with Gasteiger partial charge in [0.1, 0.15) is 6.61 Å². The van der Waals surface area contributed by atoms with Gasteiger partial charge < -0.3 is 14.2 Å². The predicted molar refractivity (Wildman–Crippen MR) is 142 cm³/mol. The van der Waals surface area contributed by atoms with Crippen molar-refractivity contribution in [3.8, 4) is 11.5 Å². The van der Waals surface area contributed by atoms with E-state index in [4.69, 9.17) is 14.2 Å². The Bertz CT molecular complexity index is 1620. The molecule has 0 amide bonds. The number of carbonyl (C=O) groups is 1. The van der Waals surface area contributed by atoms with Crippen molar-refractivity contribution in [2.24, 2.45) is 4.99 Å². The Kier molecular flexibility index (Phi) is 7.87. The molecule has 196 valence electrons. The van der Waals surface area contributed by atoms with Crippen LogP contribution in [0.25, 0.3) is 6.08 Å². The first-order chi connectivity index (χ1) is 18.3. The van der Waals surface area contributed by atoms with E-state index in [0.717, 1.165) is 11.3 Å². The lowest BCUT2D eigenvalue weighted by Crippen LogP contribution is -2.40. The minimum Gasteiger partial charge on any atom is -0.493 e. The molecule has 1 aliphatic rings. The van der Waals surface area contributed by atoms with E-state index in [1.54, 1.807) is 56.3 Å². The largest absolute Gasteiger partial charge is 0.493 e. The molecule has 2 heterocycles. The van der Waals surface area contributed by atoms with Gasteiger partial charge in [-0.25, -0.2) is 9.79 Å². The van der Waals surface area contributed by atoms with Crippen LogP contribution in [-0.4, -0.2) is 35.8 Å². The minimum absolute atomic E-state index is 0.0484. The van der Waals surface area contributed by atoms with E-state index in [9.17, 15) is 19.7 Å². The number of rotatable bonds is 9. The first kappa shape index (κ1) is 26.6. The summed E-state index contributed by atoms with van der Waals surface area (Å²) in [5.41, 5.74) is 1.48. The van der Waals surface area contributed by atoms with Crippen LogP contribution < -0.4 is 24.4 Å². The molecule has 0 radical (unpaired) electrons. The first-order valence-corrected chi connectivity index (χ1v) is 12.5. The van der Waals surface area contributed by atoms with E-state index < -0.39 is 16.9 Å². The van der Waals surface area contributed by atoms with Gasteiger partial charge in [-0.3, -0.25) is 19.5 Å². The number of non-ortho nitro benzene ring substituents is 1. The number of carbonyl (C=O) groups excluding carboxylic acids is 1. The molecule has 1 atom stereocenters. The molecule has 0 N–H and O–H groups in total. The second-order valence-electron chi connectivity index (χ2n) is 8.16. The Morgan fingerprint density at radius 3 is 2.61 bits per heavy atom. The van der Waals surface area contributed by atoms with E-state index in [1.165, 1.54) is 23.8 Å². The zero-order chi connectivity index (χ0) is 27.4. The van der Waals surface area contributed by atoms with Crippen LogP contribution in [-0.2, 0) is 9.53 Å². The maximum atomic E-state index is 13.7. The molecule has 0 bridgehead atoms. The number of nitro benzene ring substituents is 1. The van der Waals surface area contributed by atoms with Crippen molar-refractivity contribution in [2.45, 2.75) is 19.9 Å². The number of benzene rings is 2. The summed E-state index contributed by atoms with van der Waals surface area (Å²) in [5, 5.41) is 11.0. The van der Waals surface area contributed by atoms with Crippen molar-refractivity contribution >= 4 is 29.1 Å². The van der Waals surface area contributed by atoms with Crippen molar-refractivity contribution in [1.82, 2.24) is 4.57 Å². The molecule has 1 aliphatic heterocycles. The van der Waals surface area contributed by atoms with Crippen LogP contribution in [0, 0.1) is 10.1 Å². The highest BCUT2D eigenvalue weighted by atomic mass is 32.1. The summed E-state index contributed by atoms with van der Waals surface area (Å²) in [5.74, 6) is 0.338. The third-order valence-electron chi connectivity index (χ3n) is 5.78. The van der Waals surface area contributed by atoms with Gasteiger partial charge in [-0.1, -0.05) is 30.1 Å². The molecular formula is C27H25N3O7S. The van der Waals surface area contributed by atoms with Crippen molar-refractivity contribution < 1.29 is 23.9 Å². The zero-order valence-corrected chi connectivity index (χ0v) is 21.8. The topological polar surface area (TPSA) is 122 Å². The van der Waals surface area contributed by atoms with E-state index >= 15 is 0 Å². The summed E-state index contributed by atoms with van der Waals surface area (Å²) in [7, 11) is 1.50. The molecule has 4 rings (SSSR count). The summed E-state index contributed by atoms with van der Waals surface area (Å²) < 4.78 is 18.3. The summed E-state index contributed by atoms with van der Waals surface area (Å²) in [6, 6.07) is 10.2. The Balaban J connectivity index is 1.90. The number of nitrogens with zero attached hydrogens (tertiary/aromatic N) is 3. The number of hydrogen-bond donors (Lipinski definition) is 0. The quantitative estimate of drug-likeness (QED) is 0.178. The Hall–Kier alpha value is -4.51. The number of esters is 1. The average molecular weight is 536 g/mol. The molecule has 11 heteroatoms. The predicted octanol–water partition coefficient (Wildman–Crippen LogP) is 3.28. The molecule has 0 aliphatic carbocycles. The fourth-order valence-corrected chi connectivity index (χ4v) is 5.12. The maximum absolute atomic E-state index is 13.7.